The van der Waals surface area contributed by atoms with Gasteiger partial charge in [0.05, 0.1) is 30.7 Å². The van der Waals surface area contributed by atoms with Gasteiger partial charge in [0.15, 0.2) is 5.11 Å². The molecule has 0 saturated heterocycles. The van der Waals surface area contributed by atoms with Crippen molar-refractivity contribution >= 4 is 68.7 Å². The highest BCUT2D eigenvalue weighted by molar-refractivity contribution is 8.00. The quantitative estimate of drug-likeness (QED) is 0.0931. The summed E-state index contributed by atoms with van der Waals surface area (Å²) in [5, 5.41) is 10.4. The number of thiophene rings is 1. The number of amides is 1. The van der Waals surface area contributed by atoms with E-state index in [0.717, 1.165) is 46.0 Å². The number of hydrogen-bond donors (Lipinski definition) is 3. The molecule has 1 aliphatic rings. The molecule has 4 aromatic rings. The van der Waals surface area contributed by atoms with Gasteiger partial charge in [0.1, 0.15) is 10.8 Å². The maximum absolute atomic E-state index is 13.1. The molecule has 0 fully saturated rings. The Morgan fingerprint density at radius 1 is 1.00 bits per heavy atom. The fourth-order valence-electron chi connectivity index (χ4n) is 5.11. The summed E-state index contributed by atoms with van der Waals surface area (Å²) in [7, 11) is 1.61. The van der Waals surface area contributed by atoms with E-state index in [1.54, 1.807) is 14.0 Å². The van der Waals surface area contributed by atoms with E-state index in [1.807, 2.05) is 54.6 Å². The van der Waals surface area contributed by atoms with Gasteiger partial charge in [0.2, 0.25) is 5.91 Å². The van der Waals surface area contributed by atoms with Crippen LogP contribution in [0.25, 0.3) is 0 Å². The Morgan fingerprint density at radius 3 is 2.58 bits per heavy atom. The fraction of sp³-hybridized carbons (Fsp3) is 0.242. The lowest BCUT2D eigenvalue weighted by Gasteiger charge is -2.23. The largest absolute Gasteiger partial charge is 0.495 e. The molecule has 5 rings (SSSR count). The van der Waals surface area contributed by atoms with Crippen LogP contribution in [0, 0.1) is 0 Å². The van der Waals surface area contributed by atoms with Crippen LogP contribution < -0.4 is 20.7 Å². The van der Waals surface area contributed by atoms with Gasteiger partial charge in [0, 0.05) is 15.5 Å². The van der Waals surface area contributed by atoms with Crippen molar-refractivity contribution in [3.8, 4) is 5.75 Å². The van der Waals surface area contributed by atoms with Crippen LogP contribution in [0.1, 0.15) is 45.6 Å². The summed E-state index contributed by atoms with van der Waals surface area (Å²) in [4.78, 5) is 28.1. The molecule has 1 atom stereocenters. The average molecular weight is 632 g/mol. The second-order valence-electron chi connectivity index (χ2n) is 9.92. The van der Waals surface area contributed by atoms with Crippen LogP contribution in [-0.2, 0) is 22.4 Å². The third-order valence-corrected chi connectivity index (χ3v) is 9.45. The van der Waals surface area contributed by atoms with Crippen LogP contribution >= 0.6 is 35.3 Å². The number of rotatable bonds is 10. The first-order valence-corrected chi connectivity index (χ1v) is 16.3. The molecule has 0 aliphatic heterocycles. The second-order valence-corrected chi connectivity index (χ2v) is 12.5. The zero-order chi connectivity index (χ0) is 30.2. The molecule has 0 saturated carbocycles. The molecule has 0 spiro atoms. The summed E-state index contributed by atoms with van der Waals surface area (Å²) in [6.07, 6.45) is 2.57. The number of ether oxygens (including phenoxy) is 2. The highest BCUT2D eigenvalue weighted by Gasteiger charge is 2.30. The van der Waals surface area contributed by atoms with E-state index in [9.17, 15) is 9.59 Å². The summed E-state index contributed by atoms with van der Waals surface area (Å²) < 4.78 is 10.8. The first-order chi connectivity index (χ1) is 20.9. The second kappa shape index (κ2) is 14.5. The summed E-state index contributed by atoms with van der Waals surface area (Å²) in [6.45, 7) is 2.07. The number of para-hydroxylation sites is 2. The van der Waals surface area contributed by atoms with Crippen molar-refractivity contribution in [1.29, 1.82) is 0 Å². The third-order valence-electron chi connectivity index (χ3n) is 7.09. The maximum Gasteiger partial charge on any atom is 0.341 e. The maximum atomic E-state index is 13.1. The van der Waals surface area contributed by atoms with Crippen molar-refractivity contribution in [3.05, 3.63) is 100 Å². The Hall–Kier alpha value is -3.86. The van der Waals surface area contributed by atoms with Crippen LogP contribution in [0.15, 0.2) is 83.8 Å². The Morgan fingerprint density at radius 2 is 1.79 bits per heavy atom. The lowest BCUT2D eigenvalue weighted by Crippen LogP contribution is -2.19. The fourth-order valence-corrected chi connectivity index (χ4v) is 7.43. The monoisotopic (exact) mass is 631 g/mol. The van der Waals surface area contributed by atoms with Gasteiger partial charge in [-0.15, -0.1) is 23.1 Å². The number of fused-ring (bicyclic) bond motifs is 1. The summed E-state index contributed by atoms with van der Waals surface area (Å²) in [6, 6.07) is 25.7. The van der Waals surface area contributed by atoms with E-state index in [1.165, 1.54) is 28.7 Å². The molecule has 1 amide bonds. The summed E-state index contributed by atoms with van der Waals surface area (Å²) in [5.41, 5.74) is 4.37. The Labute approximate surface area is 265 Å². The molecule has 1 heterocycles. The standard InChI is InChI=1S/C33H33N3O4S3/c1-3-40-32(38)30-25-17-16-22(21-10-5-4-6-11-21)18-28(25)43-31(30)36-29(37)20-42-24-13-9-12-23(19-24)34-33(41)35-26-14-7-8-15-27(26)39-2/h4-15,19,22H,3,16-18,20H2,1-2H3,(H,36,37)(H2,34,35,41). The lowest BCUT2D eigenvalue weighted by molar-refractivity contribution is -0.113. The highest BCUT2D eigenvalue weighted by Crippen LogP contribution is 2.43. The summed E-state index contributed by atoms with van der Waals surface area (Å²) >= 11 is 8.39. The lowest BCUT2D eigenvalue weighted by atomic mass is 9.83. The molecule has 0 radical (unpaired) electrons. The van der Waals surface area contributed by atoms with Gasteiger partial charge < -0.3 is 25.4 Å². The molecular formula is C33H33N3O4S3. The number of carbonyl (C=O) groups excluding carboxylic acids is 2. The number of thiocarbonyl (C=S) groups is 1. The van der Waals surface area contributed by atoms with Crippen molar-refractivity contribution in [3.63, 3.8) is 0 Å². The van der Waals surface area contributed by atoms with Crippen LogP contribution in [0.4, 0.5) is 16.4 Å². The van der Waals surface area contributed by atoms with E-state index >= 15 is 0 Å². The Kier molecular flexibility index (Phi) is 10.3. The minimum absolute atomic E-state index is 0.180. The molecule has 10 heteroatoms. The molecule has 1 unspecified atom stereocenters. The number of carbonyl (C=O) groups is 2. The number of benzene rings is 3. The van der Waals surface area contributed by atoms with E-state index in [2.05, 4.69) is 40.2 Å². The topological polar surface area (TPSA) is 88.7 Å². The van der Waals surface area contributed by atoms with E-state index in [4.69, 9.17) is 21.7 Å². The number of anilines is 3. The van der Waals surface area contributed by atoms with Gasteiger partial charge in [-0.2, -0.15) is 0 Å². The van der Waals surface area contributed by atoms with Gasteiger partial charge in [-0.3, -0.25) is 4.79 Å². The van der Waals surface area contributed by atoms with Gasteiger partial charge in [0.25, 0.3) is 0 Å². The normalized spacial score (nSPS) is 13.9. The molecule has 7 nitrogen and oxygen atoms in total. The highest BCUT2D eigenvalue weighted by atomic mass is 32.2. The molecular weight excluding hydrogens is 599 g/mol. The molecule has 1 aromatic heterocycles. The third kappa shape index (κ3) is 7.76. The van der Waals surface area contributed by atoms with Crippen LogP contribution in [0.3, 0.4) is 0 Å². The average Bonchev–Trinajstić information content (AvgIpc) is 3.38. The van der Waals surface area contributed by atoms with Crippen LogP contribution in [0.2, 0.25) is 0 Å². The van der Waals surface area contributed by atoms with E-state index < -0.39 is 0 Å². The zero-order valence-electron chi connectivity index (χ0n) is 24.0. The number of thioether (sulfide) groups is 1. The number of hydrogen-bond acceptors (Lipinski definition) is 7. The molecule has 43 heavy (non-hydrogen) atoms. The zero-order valence-corrected chi connectivity index (χ0v) is 26.4. The number of methoxy groups -OCH3 is 1. The van der Waals surface area contributed by atoms with Crippen LogP contribution in [-0.4, -0.2) is 36.5 Å². The minimum atomic E-state index is -0.377. The van der Waals surface area contributed by atoms with Gasteiger partial charge in [-0.1, -0.05) is 48.5 Å². The van der Waals surface area contributed by atoms with Crippen molar-refractivity contribution in [2.75, 3.05) is 35.4 Å². The number of nitrogens with one attached hydrogen (secondary N) is 3. The minimum Gasteiger partial charge on any atom is -0.495 e. The smallest absolute Gasteiger partial charge is 0.341 e. The van der Waals surface area contributed by atoms with E-state index in [0.29, 0.717) is 27.3 Å². The van der Waals surface area contributed by atoms with Crippen LogP contribution in [0.5, 0.6) is 5.75 Å². The number of esters is 1. The van der Waals surface area contributed by atoms with Gasteiger partial charge >= 0.3 is 5.97 Å². The predicted molar refractivity (Wildman–Crippen MR) is 180 cm³/mol. The molecule has 222 valence electrons. The van der Waals surface area contributed by atoms with Crippen molar-refractivity contribution in [2.24, 2.45) is 0 Å². The van der Waals surface area contributed by atoms with E-state index in [-0.39, 0.29) is 24.2 Å². The Balaban J connectivity index is 1.22. The Bertz CT molecular complexity index is 1610. The van der Waals surface area contributed by atoms with Gasteiger partial charge in [-0.25, -0.2) is 4.79 Å². The van der Waals surface area contributed by atoms with Crippen molar-refractivity contribution in [2.45, 2.75) is 37.0 Å². The molecule has 1 aliphatic carbocycles. The van der Waals surface area contributed by atoms with Gasteiger partial charge in [-0.05, 0) is 85.8 Å². The SMILES string of the molecule is CCOC(=O)c1c(NC(=O)CSc2cccc(NC(=S)Nc3ccccc3OC)c2)sc2c1CCC(c1ccccc1)C2. The predicted octanol–water partition coefficient (Wildman–Crippen LogP) is 7.75. The summed E-state index contributed by atoms with van der Waals surface area (Å²) in [5.74, 6) is 0.708. The first-order valence-electron chi connectivity index (χ1n) is 14.1. The molecule has 3 aromatic carbocycles. The molecule has 0 bridgehead atoms. The molecule has 3 N–H and O–H groups in total. The van der Waals surface area contributed by atoms with Crippen molar-refractivity contribution in [1.82, 2.24) is 0 Å². The van der Waals surface area contributed by atoms with Crippen molar-refractivity contribution < 1.29 is 19.1 Å². The first kappa shape index (κ1) is 30.6.